The van der Waals surface area contributed by atoms with Crippen LogP contribution in [0.5, 0.6) is 0 Å². The molecule has 0 saturated heterocycles. The largest absolute Gasteiger partial charge is 0.478 e. The second-order valence-corrected chi connectivity index (χ2v) is 4.37. The molecule has 0 fully saturated rings. The van der Waals surface area contributed by atoms with Crippen LogP contribution in [0.25, 0.3) is 0 Å². The van der Waals surface area contributed by atoms with Crippen molar-refractivity contribution < 1.29 is 14.3 Å². The first-order chi connectivity index (χ1) is 9.66. The van der Waals surface area contributed by atoms with Crippen LogP contribution in [0, 0.1) is 5.82 Å². The van der Waals surface area contributed by atoms with E-state index in [1.54, 1.807) is 12.3 Å². The smallest absolute Gasteiger partial charge is 0.338 e. The molecule has 104 valence electrons. The van der Waals surface area contributed by atoms with Gasteiger partial charge < -0.3 is 10.4 Å². The molecule has 1 heterocycles. The van der Waals surface area contributed by atoms with Crippen LogP contribution in [0.15, 0.2) is 42.6 Å². The Labute approximate surface area is 116 Å². The number of carboxylic acid groups (broad SMARTS) is 1. The van der Waals surface area contributed by atoms with Gasteiger partial charge in [-0.2, -0.15) is 0 Å². The van der Waals surface area contributed by atoms with Gasteiger partial charge in [0, 0.05) is 31.4 Å². The molecule has 0 radical (unpaired) electrons. The van der Waals surface area contributed by atoms with Gasteiger partial charge in [-0.05, 0) is 29.8 Å². The maximum Gasteiger partial charge on any atom is 0.338 e. The van der Waals surface area contributed by atoms with Crippen LogP contribution in [-0.4, -0.2) is 22.6 Å². The van der Waals surface area contributed by atoms with E-state index in [1.807, 2.05) is 18.2 Å². The zero-order valence-electron chi connectivity index (χ0n) is 10.8. The highest BCUT2D eigenvalue weighted by atomic mass is 19.1. The molecule has 0 aliphatic rings. The number of nitrogens with one attached hydrogen (secondary N) is 1. The molecule has 0 atom stereocenters. The third kappa shape index (κ3) is 3.86. The molecule has 20 heavy (non-hydrogen) atoms. The SMILES string of the molecule is O=C(O)c1ccc(CNCCc2ccccn2)cc1F. The van der Waals surface area contributed by atoms with Crippen molar-refractivity contribution in [3.8, 4) is 0 Å². The Morgan fingerprint density at radius 1 is 1.30 bits per heavy atom. The highest BCUT2D eigenvalue weighted by Gasteiger charge is 2.09. The Hall–Kier alpha value is -2.27. The van der Waals surface area contributed by atoms with Gasteiger partial charge in [-0.25, -0.2) is 9.18 Å². The Bertz CT molecular complexity index is 588. The van der Waals surface area contributed by atoms with Crippen LogP contribution >= 0.6 is 0 Å². The Kier molecular flexibility index (Phi) is 4.79. The van der Waals surface area contributed by atoms with Crippen molar-refractivity contribution >= 4 is 5.97 Å². The minimum absolute atomic E-state index is 0.303. The molecule has 2 aromatic rings. The van der Waals surface area contributed by atoms with Crippen molar-refractivity contribution in [1.29, 1.82) is 0 Å². The van der Waals surface area contributed by atoms with E-state index in [0.717, 1.165) is 18.7 Å². The first-order valence-corrected chi connectivity index (χ1v) is 6.29. The highest BCUT2D eigenvalue weighted by molar-refractivity contribution is 5.87. The van der Waals surface area contributed by atoms with E-state index in [4.69, 9.17) is 5.11 Å². The molecule has 5 heteroatoms. The summed E-state index contributed by atoms with van der Waals surface area (Å²) in [6.07, 6.45) is 2.53. The van der Waals surface area contributed by atoms with Gasteiger partial charge in [0.15, 0.2) is 0 Å². The maximum absolute atomic E-state index is 13.5. The average molecular weight is 274 g/mol. The average Bonchev–Trinajstić information content (AvgIpc) is 2.44. The second-order valence-electron chi connectivity index (χ2n) is 4.37. The van der Waals surface area contributed by atoms with E-state index in [0.29, 0.717) is 12.1 Å². The first-order valence-electron chi connectivity index (χ1n) is 6.29. The van der Waals surface area contributed by atoms with Gasteiger partial charge in [-0.3, -0.25) is 4.98 Å². The van der Waals surface area contributed by atoms with Crippen molar-refractivity contribution in [3.05, 3.63) is 65.2 Å². The van der Waals surface area contributed by atoms with Crippen LogP contribution in [0.2, 0.25) is 0 Å². The summed E-state index contributed by atoms with van der Waals surface area (Å²) in [7, 11) is 0. The molecular weight excluding hydrogens is 259 g/mol. The Morgan fingerprint density at radius 2 is 2.15 bits per heavy atom. The molecule has 0 aliphatic carbocycles. The van der Waals surface area contributed by atoms with E-state index in [1.165, 1.54) is 12.1 Å². The molecule has 0 bridgehead atoms. The molecule has 1 aromatic carbocycles. The predicted octanol–water partition coefficient (Wildman–Crippen LogP) is 2.25. The fourth-order valence-corrected chi connectivity index (χ4v) is 1.84. The van der Waals surface area contributed by atoms with Crippen LogP contribution in [0.4, 0.5) is 4.39 Å². The van der Waals surface area contributed by atoms with Crippen molar-refractivity contribution in [3.63, 3.8) is 0 Å². The molecule has 0 spiro atoms. The summed E-state index contributed by atoms with van der Waals surface area (Å²) in [5.41, 5.74) is 1.41. The third-order valence-electron chi connectivity index (χ3n) is 2.88. The second kappa shape index (κ2) is 6.77. The first kappa shape index (κ1) is 14.1. The van der Waals surface area contributed by atoms with Gasteiger partial charge >= 0.3 is 5.97 Å². The van der Waals surface area contributed by atoms with Gasteiger partial charge in [-0.15, -0.1) is 0 Å². The summed E-state index contributed by atoms with van der Waals surface area (Å²) in [5.74, 6) is -1.96. The summed E-state index contributed by atoms with van der Waals surface area (Å²) in [6, 6.07) is 9.89. The molecular formula is C15H15FN2O2. The van der Waals surface area contributed by atoms with Crippen molar-refractivity contribution in [1.82, 2.24) is 10.3 Å². The number of nitrogens with zero attached hydrogens (tertiary/aromatic N) is 1. The molecule has 2 N–H and O–H groups in total. The zero-order chi connectivity index (χ0) is 14.4. The van der Waals surface area contributed by atoms with Crippen molar-refractivity contribution in [2.24, 2.45) is 0 Å². The highest BCUT2D eigenvalue weighted by Crippen LogP contribution is 2.10. The number of pyridine rings is 1. The number of hydrogen-bond acceptors (Lipinski definition) is 3. The van der Waals surface area contributed by atoms with Gasteiger partial charge in [-0.1, -0.05) is 12.1 Å². The number of rotatable bonds is 6. The number of carbonyl (C=O) groups is 1. The molecule has 0 unspecified atom stereocenters. The summed E-state index contributed by atoms with van der Waals surface area (Å²) in [4.78, 5) is 14.9. The van der Waals surface area contributed by atoms with Crippen LogP contribution < -0.4 is 5.32 Å². The Balaban J connectivity index is 1.83. The number of benzene rings is 1. The lowest BCUT2D eigenvalue weighted by Crippen LogP contribution is -2.17. The topological polar surface area (TPSA) is 62.2 Å². The third-order valence-corrected chi connectivity index (χ3v) is 2.88. The fourth-order valence-electron chi connectivity index (χ4n) is 1.84. The van der Waals surface area contributed by atoms with E-state index >= 15 is 0 Å². The van der Waals surface area contributed by atoms with Gasteiger partial charge in [0.05, 0.1) is 5.56 Å². The van der Waals surface area contributed by atoms with E-state index in [9.17, 15) is 9.18 Å². The summed E-state index contributed by atoms with van der Waals surface area (Å²) in [6.45, 7) is 1.21. The molecule has 1 aromatic heterocycles. The zero-order valence-corrected chi connectivity index (χ0v) is 10.8. The molecule has 2 rings (SSSR count). The summed E-state index contributed by atoms with van der Waals surface area (Å²) in [5, 5.41) is 11.9. The maximum atomic E-state index is 13.5. The van der Waals surface area contributed by atoms with Crippen molar-refractivity contribution in [2.45, 2.75) is 13.0 Å². The van der Waals surface area contributed by atoms with E-state index in [-0.39, 0.29) is 5.56 Å². The van der Waals surface area contributed by atoms with Crippen LogP contribution in [0.3, 0.4) is 0 Å². The summed E-state index contributed by atoms with van der Waals surface area (Å²) < 4.78 is 13.5. The standard InChI is InChI=1S/C15H15FN2O2/c16-14-9-11(4-5-13(14)15(19)20)10-17-8-6-12-3-1-2-7-18-12/h1-5,7,9,17H,6,8,10H2,(H,19,20). The normalized spacial score (nSPS) is 10.4. The lowest BCUT2D eigenvalue weighted by atomic mass is 10.1. The number of aromatic nitrogens is 1. The van der Waals surface area contributed by atoms with Crippen molar-refractivity contribution in [2.75, 3.05) is 6.54 Å². The minimum atomic E-state index is -1.25. The molecule has 0 saturated carbocycles. The van der Waals surface area contributed by atoms with Crippen LogP contribution in [-0.2, 0) is 13.0 Å². The molecule has 4 nitrogen and oxygen atoms in total. The van der Waals surface area contributed by atoms with Gasteiger partial charge in [0.25, 0.3) is 0 Å². The lowest BCUT2D eigenvalue weighted by molar-refractivity contribution is 0.0692. The Morgan fingerprint density at radius 3 is 2.80 bits per heavy atom. The number of hydrogen-bond donors (Lipinski definition) is 2. The minimum Gasteiger partial charge on any atom is -0.478 e. The number of carboxylic acids is 1. The quantitative estimate of drug-likeness (QED) is 0.793. The van der Waals surface area contributed by atoms with E-state index < -0.39 is 11.8 Å². The number of aromatic carboxylic acids is 1. The summed E-state index contributed by atoms with van der Waals surface area (Å²) >= 11 is 0. The van der Waals surface area contributed by atoms with Gasteiger partial charge in [0.2, 0.25) is 0 Å². The fraction of sp³-hybridized carbons (Fsp3) is 0.200. The lowest BCUT2D eigenvalue weighted by Gasteiger charge is -2.06. The predicted molar refractivity (Wildman–Crippen MR) is 73.0 cm³/mol. The van der Waals surface area contributed by atoms with E-state index in [2.05, 4.69) is 10.3 Å². The molecule has 0 amide bonds. The van der Waals surface area contributed by atoms with Crippen LogP contribution in [0.1, 0.15) is 21.6 Å². The number of halogens is 1. The molecule has 0 aliphatic heterocycles. The monoisotopic (exact) mass is 274 g/mol. The van der Waals surface area contributed by atoms with Gasteiger partial charge in [0.1, 0.15) is 5.82 Å².